The van der Waals surface area contributed by atoms with Gasteiger partial charge >= 0.3 is 0 Å². The van der Waals surface area contributed by atoms with Gasteiger partial charge in [-0.3, -0.25) is 0 Å². The Balaban J connectivity index is 2.29. The summed E-state index contributed by atoms with van der Waals surface area (Å²) in [5, 5.41) is 9.37. The quantitative estimate of drug-likeness (QED) is 0.702. The first-order valence-corrected chi connectivity index (χ1v) is 7.63. The average molecular weight is 242 g/mol. The van der Waals surface area contributed by atoms with Gasteiger partial charge in [0.2, 0.25) is 10.0 Å². The van der Waals surface area contributed by atoms with E-state index in [0.717, 1.165) is 32.1 Å². The molecule has 4 nitrogen and oxygen atoms in total. The summed E-state index contributed by atoms with van der Waals surface area (Å²) in [7, 11) is -3.18. The van der Waals surface area contributed by atoms with Crippen LogP contribution in [0.1, 0.15) is 44.9 Å². The lowest BCUT2D eigenvalue weighted by Gasteiger charge is -2.42. The Bertz CT molecular complexity index is 391. The Kier molecular flexibility index (Phi) is 3.22. The molecule has 0 aromatic carbocycles. The van der Waals surface area contributed by atoms with Gasteiger partial charge in [0, 0.05) is 6.54 Å². The third kappa shape index (κ3) is 1.96. The minimum atomic E-state index is -3.18. The highest BCUT2D eigenvalue weighted by Crippen LogP contribution is 2.36. The van der Waals surface area contributed by atoms with Crippen molar-refractivity contribution in [2.24, 2.45) is 0 Å². The van der Waals surface area contributed by atoms with Gasteiger partial charge in [0.15, 0.2) is 0 Å². The van der Waals surface area contributed by atoms with Crippen LogP contribution in [0.2, 0.25) is 0 Å². The molecule has 16 heavy (non-hydrogen) atoms. The van der Waals surface area contributed by atoms with Crippen molar-refractivity contribution in [1.82, 2.24) is 4.31 Å². The predicted octanol–water partition coefficient (Wildman–Crippen LogP) is 1.64. The standard InChI is InChI=1S/C11H18N2O2S/c12-10-11(6-2-1-3-7-11)13-8-4-5-9-16(13,14)15/h1-9H2. The van der Waals surface area contributed by atoms with Crippen LogP contribution < -0.4 is 0 Å². The second-order valence-electron chi connectivity index (χ2n) is 4.80. The molecular formula is C11H18N2O2S. The molecule has 2 fully saturated rings. The van der Waals surface area contributed by atoms with Crippen molar-refractivity contribution in [2.75, 3.05) is 12.3 Å². The van der Waals surface area contributed by atoms with Crippen molar-refractivity contribution >= 4 is 10.0 Å². The predicted molar refractivity (Wildman–Crippen MR) is 61.2 cm³/mol. The molecule has 0 aromatic heterocycles. The largest absolute Gasteiger partial charge is 0.215 e. The molecule has 0 radical (unpaired) electrons. The average Bonchev–Trinajstić information content (AvgIpc) is 2.29. The molecule has 0 bridgehead atoms. The zero-order chi connectivity index (χ0) is 11.6. The SMILES string of the molecule is N#CC1(N2CCCCS2(=O)=O)CCCCC1. The molecule has 2 rings (SSSR count). The van der Waals surface area contributed by atoms with Gasteiger partial charge in [-0.25, -0.2) is 8.42 Å². The molecule has 1 aliphatic heterocycles. The van der Waals surface area contributed by atoms with E-state index in [1.54, 1.807) is 0 Å². The van der Waals surface area contributed by atoms with Crippen LogP contribution in [0, 0.1) is 11.3 Å². The number of nitriles is 1. The van der Waals surface area contributed by atoms with Crippen molar-refractivity contribution in [3.05, 3.63) is 0 Å². The summed E-state index contributed by atoms with van der Waals surface area (Å²) < 4.78 is 25.5. The molecule has 0 amide bonds. The van der Waals surface area contributed by atoms with Crippen molar-refractivity contribution in [2.45, 2.75) is 50.5 Å². The van der Waals surface area contributed by atoms with Crippen molar-refractivity contribution in [1.29, 1.82) is 5.26 Å². The van der Waals surface area contributed by atoms with Crippen LogP contribution in [0.25, 0.3) is 0 Å². The van der Waals surface area contributed by atoms with Gasteiger partial charge in [0.25, 0.3) is 0 Å². The highest BCUT2D eigenvalue weighted by Gasteiger charge is 2.45. The van der Waals surface area contributed by atoms with Crippen LogP contribution >= 0.6 is 0 Å². The monoisotopic (exact) mass is 242 g/mol. The molecule has 0 aromatic rings. The van der Waals surface area contributed by atoms with Crippen LogP contribution in [-0.2, 0) is 10.0 Å². The van der Waals surface area contributed by atoms with E-state index < -0.39 is 15.6 Å². The fourth-order valence-corrected chi connectivity index (χ4v) is 4.78. The number of nitrogens with zero attached hydrogens (tertiary/aromatic N) is 2. The van der Waals surface area contributed by atoms with Crippen molar-refractivity contribution < 1.29 is 8.42 Å². The summed E-state index contributed by atoms with van der Waals surface area (Å²) >= 11 is 0. The van der Waals surface area contributed by atoms with E-state index in [9.17, 15) is 13.7 Å². The van der Waals surface area contributed by atoms with Gasteiger partial charge in [-0.2, -0.15) is 9.57 Å². The maximum absolute atomic E-state index is 12.0. The van der Waals surface area contributed by atoms with E-state index in [1.807, 2.05) is 0 Å². The summed E-state index contributed by atoms with van der Waals surface area (Å²) in [5.74, 6) is 0.219. The number of rotatable bonds is 1. The first-order valence-electron chi connectivity index (χ1n) is 6.03. The Morgan fingerprint density at radius 2 is 1.75 bits per heavy atom. The molecule has 90 valence electrons. The van der Waals surface area contributed by atoms with E-state index in [0.29, 0.717) is 19.4 Å². The molecule has 1 saturated carbocycles. The van der Waals surface area contributed by atoms with Gasteiger partial charge in [0.1, 0.15) is 5.54 Å². The summed E-state index contributed by atoms with van der Waals surface area (Å²) in [6.45, 7) is 0.538. The zero-order valence-corrected chi connectivity index (χ0v) is 10.3. The van der Waals surface area contributed by atoms with Gasteiger partial charge in [-0.15, -0.1) is 0 Å². The summed E-state index contributed by atoms with van der Waals surface area (Å²) in [6.07, 6.45) is 6.12. The van der Waals surface area contributed by atoms with Gasteiger partial charge < -0.3 is 0 Å². The highest BCUT2D eigenvalue weighted by atomic mass is 32.2. The first-order chi connectivity index (χ1) is 7.61. The van der Waals surface area contributed by atoms with E-state index in [2.05, 4.69) is 6.07 Å². The fraction of sp³-hybridized carbons (Fsp3) is 0.909. The summed E-state index contributed by atoms with van der Waals surface area (Å²) in [6, 6.07) is 2.29. The van der Waals surface area contributed by atoms with E-state index in [-0.39, 0.29) is 5.75 Å². The zero-order valence-electron chi connectivity index (χ0n) is 9.48. The Morgan fingerprint density at radius 3 is 2.31 bits per heavy atom. The van der Waals surface area contributed by atoms with E-state index in [1.165, 1.54) is 4.31 Å². The third-order valence-electron chi connectivity index (χ3n) is 3.72. The fourth-order valence-electron chi connectivity index (χ4n) is 2.82. The number of hydrogen-bond acceptors (Lipinski definition) is 3. The minimum absolute atomic E-state index is 0.219. The highest BCUT2D eigenvalue weighted by molar-refractivity contribution is 7.89. The second kappa shape index (κ2) is 4.34. The van der Waals surface area contributed by atoms with Crippen LogP contribution in [0.5, 0.6) is 0 Å². The van der Waals surface area contributed by atoms with Crippen LogP contribution in [0.4, 0.5) is 0 Å². The summed E-state index contributed by atoms with van der Waals surface area (Å²) in [5.41, 5.74) is -0.725. The Labute approximate surface area is 97.3 Å². The molecule has 0 atom stereocenters. The van der Waals surface area contributed by atoms with Gasteiger partial charge in [-0.1, -0.05) is 19.3 Å². The van der Waals surface area contributed by atoms with Gasteiger partial charge in [0.05, 0.1) is 11.8 Å². The molecule has 0 unspecified atom stereocenters. The summed E-state index contributed by atoms with van der Waals surface area (Å²) in [4.78, 5) is 0. The van der Waals surface area contributed by atoms with E-state index in [4.69, 9.17) is 0 Å². The lowest BCUT2D eigenvalue weighted by molar-refractivity contribution is 0.177. The second-order valence-corrected chi connectivity index (χ2v) is 6.81. The van der Waals surface area contributed by atoms with Gasteiger partial charge in [-0.05, 0) is 25.7 Å². The normalized spacial score (nSPS) is 29.4. The molecule has 0 N–H and O–H groups in total. The topological polar surface area (TPSA) is 61.2 Å². The smallest absolute Gasteiger partial charge is 0.212 e. The van der Waals surface area contributed by atoms with Crippen molar-refractivity contribution in [3.63, 3.8) is 0 Å². The molecule has 2 aliphatic rings. The lowest BCUT2D eigenvalue weighted by Crippen LogP contribution is -2.54. The van der Waals surface area contributed by atoms with Crippen LogP contribution in [0.3, 0.4) is 0 Å². The molecule has 0 spiro atoms. The van der Waals surface area contributed by atoms with Crippen LogP contribution in [0.15, 0.2) is 0 Å². The third-order valence-corrected chi connectivity index (χ3v) is 5.72. The van der Waals surface area contributed by atoms with Crippen LogP contribution in [-0.4, -0.2) is 30.6 Å². The number of hydrogen-bond donors (Lipinski definition) is 0. The maximum Gasteiger partial charge on any atom is 0.215 e. The minimum Gasteiger partial charge on any atom is -0.212 e. The lowest BCUT2D eigenvalue weighted by atomic mass is 9.82. The molecular weight excluding hydrogens is 224 g/mol. The number of sulfonamides is 1. The first kappa shape index (κ1) is 11.9. The maximum atomic E-state index is 12.0. The van der Waals surface area contributed by atoms with Crippen molar-refractivity contribution in [3.8, 4) is 6.07 Å². The Morgan fingerprint density at radius 1 is 1.06 bits per heavy atom. The van der Waals surface area contributed by atoms with E-state index >= 15 is 0 Å². The molecule has 1 saturated heterocycles. The molecule has 1 heterocycles. The molecule has 1 aliphatic carbocycles. The molecule has 5 heteroatoms. The Hall–Kier alpha value is -0.600.